The standard InChI is InChI=1S/C24H33N7O2/c1-3-10-19-15-18(16-20(33-2)21(19)32)17-25-29-22-26-23(30-11-6-4-7-12-30)28-24(27-22)31-13-8-5-9-14-31/h3,15-17,32H,1,4-14H2,2H3,(H,26,27,28,29)/b25-17+. The number of phenols is 1. The largest absolute Gasteiger partial charge is 0.504 e. The number of nitrogens with one attached hydrogen (secondary N) is 1. The van der Waals surface area contributed by atoms with Crippen LogP contribution in [-0.2, 0) is 6.42 Å². The van der Waals surface area contributed by atoms with Crippen LogP contribution < -0.4 is 20.0 Å². The van der Waals surface area contributed by atoms with Crippen LogP contribution in [0, 0.1) is 0 Å². The monoisotopic (exact) mass is 451 g/mol. The second kappa shape index (κ2) is 11.0. The summed E-state index contributed by atoms with van der Waals surface area (Å²) in [7, 11) is 1.53. The van der Waals surface area contributed by atoms with Gasteiger partial charge in [0.1, 0.15) is 0 Å². The minimum absolute atomic E-state index is 0.123. The van der Waals surface area contributed by atoms with E-state index in [-0.39, 0.29) is 5.75 Å². The Balaban J connectivity index is 1.57. The maximum atomic E-state index is 10.3. The fraction of sp³-hybridized carbons (Fsp3) is 0.500. The summed E-state index contributed by atoms with van der Waals surface area (Å²) in [6, 6.07) is 3.59. The van der Waals surface area contributed by atoms with E-state index in [1.807, 2.05) is 6.07 Å². The molecule has 0 unspecified atom stereocenters. The molecule has 0 spiro atoms. The van der Waals surface area contributed by atoms with Crippen LogP contribution in [0.5, 0.6) is 11.5 Å². The molecule has 0 saturated carbocycles. The van der Waals surface area contributed by atoms with Crippen LogP contribution in [0.15, 0.2) is 29.9 Å². The summed E-state index contributed by atoms with van der Waals surface area (Å²) in [5.41, 5.74) is 4.50. The van der Waals surface area contributed by atoms with Crippen LogP contribution in [0.25, 0.3) is 0 Å². The Bertz CT molecular complexity index is 947. The molecule has 0 aliphatic carbocycles. The van der Waals surface area contributed by atoms with E-state index < -0.39 is 0 Å². The number of anilines is 3. The predicted molar refractivity (Wildman–Crippen MR) is 132 cm³/mol. The molecule has 2 fully saturated rings. The highest BCUT2D eigenvalue weighted by atomic mass is 16.5. The van der Waals surface area contributed by atoms with Gasteiger partial charge in [-0.25, -0.2) is 5.43 Å². The van der Waals surface area contributed by atoms with Crippen molar-refractivity contribution in [2.75, 3.05) is 48.5 Å². The minimum Gasteiger partial charge on any atom is -0.504 e. The van der Waals surface area contributed by atoms with Crippen LogP contribution in [0.1, 0.15) is 49.7 Å². The third-order valence-electron chi connectivity index (χ3n) is 6.03. The number of ether oxygens (including phenoxy) is 1. The van der Waals surface area contributed by atoms with Crippen LogP contribution >= 0.6 is 0 Å². The summed E-state index contributed by atoms with van der Waals surface area (Å²) >= 11 is 0. The van der Waals surface area contributed by atoms with Gasteiger partial charge in [-0.3, -0.25) is 0 Å². The molecule has 2 aromatic rings. The maximum absolute atomic E-state index is 10.3. The van der Waals surface area contributed by atoms with Gasteiger partial charge in [0.25, 0.3) is 0 Å². The zero-order valence-electron chi connectivity index (χ0n) is 19.3. The number of hydrazone groups is 1. The SMILES string of the molecule is C=CCc1cc(/C=N/Nc2nc(N3CCCCC3)nc(N3CCCCC3)n2)cc(OC)c1O. The molecule has 0 radical (unpaired) electrons. The van der Waals surface area contributed by atoms with Gasteiger partial charge in [0.15, 0.2) is 11.5 Å². The van der Waals surface area contributed by atoms with E-state index in [4.69, 9.17) is 9.72 Å². The highest BCUT2D eigenvalue weighted by molar-refractivity contribution is 5.82. The molecule has 9 heteroatoms. The molecule has 0 amide bonds. The molecule has 2 aliphatic heterocycles. The zero-order chi connectivity index (χ0) is 23.0. The topological polar surface area (TPSA) is 99.0 Å². The second-order valence-corrected chi connectivity index (χ2v) is 8.45. The molecular formula is C24H33N7O2. The highest BCUT2D eigenvalue weighted by Gasteiger charge is 2.20. The summed E-state index contributed by atoms with van der Waals surface area (Å²) in [6.07, 6.45) is 11.1. The van der Waals surface area contributed by atoms with Crippen molar-refractivity contribution in [1.82, 2.24) is 15.0 Å². The van der Waals surface area contributed by atoms with Gasteiger partial charge < -0.3 is 19.6 Å². The molecule has 4 rings (SSSR count). The summed E-state index contributed by atoms with van der Waals surface area (Å²) in [5, 5.41) is 14.7. The molecule has 1 aromatic carbocycles. The molecule has 2 aliphatic rings. The lowest BCUT2D eigenvalue weighted by Crippen LogP contribution is -2.34. The molecule has 0 bridgehead atoms. The van der Waals surface area contributed by atoms with E-state index >= 15 is 0 Å². The lowest BCUT2D eigenvalue weighted by atomic mass is 10.1. The molecule has 33 heavy (non-hydrogen) atoms. The number of hydrogen-bond acceptors (Lipinski definition) is 9. The van der Waals surface area contributed by atoms with E-state index in [1.165, 1.54) is 20.0 Å². The fourth-order valence-electron chi connectivity index (χ4n) is 4.27. The van der Waals surface area contributed by atoms with Gasteiger partial charge in [0, 0.05) is 31.7 Å². The van der Waals surface area contributed by atoms with E-state index in [0.29, 0.717) is 30.0 Å². The number of phenolic OH excluding ortho intramolecular Hbond substituents is 1. The summed E-state index contributed by atoms with van der Waals surface area (Å²) in [6.45, 7) is 7.60. The Morgan fingerprint density at radius 2 is 1.61 bits per heavy atom. The average Bonchev–Trinajstić information content (AvgIpc) is 2.87. The lowest BCUT2D eigenvalue weighted by molar-refractivity contribution is 0.371. The second-order valence-electron chi connectivity index (χ2n) is 8.45. The number of methoxy groups -OCH3 is 1. The number of rotatable bonds is 8. The number of aromatic nitrogens is 3. The van der Waals surface area contributed by atoms with Crippen molar-refractivity contribution >= 4 is 24.1 Å². The zero-order valence-corrected chi connectivity index (χ0v) is 19.3. The summed E-state index contributed by atoms with van der Waals surface area (Å²) in [5.74, 6) is 2.37. The number of nitrogens with zero attached hydrogens (tertiary/aromatic N) is 6. The summed E-state index contributed by atoms with van der Waals surface area (Å²) in [4.78, 5) is 18.6. The van der Waals surface area contributed by atoms with Crippen molar-refractivity contribution in [3.8, 4) is 11.5 Å². The smallest absolute Gasteiger partial charge is 0.250 e. The van der Waals surface area contributed by atoms with Crippen molar-refractivity contribution in [3.63, 3.8) is 0 Å². The van der Waals surface area contributed by atoms with Crippen molar-refractivity contribution in [1.29, 1.82) is 0 Å². The maximum Gasteiger partial charge on any atom is 0.250 e. The first-order valence-electron chi connectivity index (χ1n) is 11.7. The summed E-state index contributed by atoms with van der Waals surface area (Å²) < 4.78 is 5.29. The minimum atomic E-state index is 0.123. The van der Waals surface area contributed by atoms with Gasteiger partial charge in [0.2, 0.25) is 17.8 Å². The first kappa shape index (κ1) is 22.8. The molecule has 9 nitrogen and oxygen atoms in total. The Morgan fingerprint density at radius 1 is 1.00 bits per heavy atom. The van der Waals surface area contributed by atoms with Crippen LogP contribution in [-0.4, -0.2) is 59.6 Å². The number of allylic oxidation sites excluding steroid dienone is 1. The van der Waals surface area contributed by atoms with Crippen LogP contribution in [0.3, 0.4) is 0 Å². The van der Waals surface area contributed by atoms with E-state index in [2.05, 4.69) is 36.9 Å². The molecule has 3 heterocycles. The van der Waals surface area contributed by atoms with Crippen molar-refractivity contribution in [2.24, 2.45) is 5.10 Å². The van der Waals surface area contributed by atoms with Crippen molar-refractivity contribution in [3.05, 3.63) is 35.9 Å². The molecule has 176 valence electrons. The first-order chi connectivity index (χ1) is 16.2. The molecule has 0 atom stereocenters. The first-order valence-corrected chi connectivity index (χ1v) is 11.7. The van der Waals surface area contributed by atoms with Crippen molar-refractivity contribution < 1.29 is 9.84 Å². The Hall–Kier alpha value is -3.36. The highest BCUT2D eigenvalue weighted by Crippen LogP contribution is 2.31. The van der Waals surface area contributed by atoms with Crippen LogP contribution in [0.2, 0.25) is 0 Å². The number of piperidine rings is 2. The van der Waals surface area contributed by atoms with Crippen LogP contribution in [0.4, 0.5) is 17.8 Å². The Kier molecular flexibility index (Phi) is 7.59. The Labute approximate surface area is 195 Å². The molecule has 2 saturated heterocycles. The van der Waals surface area contributed by atoms with Gasteiger partial charge >= 0.3 is 0 Å². The van der Waals surface area contributed by atoms with Gasteiger partial charge in [-0.15, -0.1) is 6.58 Å². The molecular weight excluding hydrogens is 418 g/mol. The van der Waals surface area contributed by atoms with E-state index in [1.54, 1.807) is 18.4 Å². The number of hydrogen-bond donors (Lipinski definition) is 2. The van der Waals surface area contributed by atoms with Gasteiger partial charge in [0.05, 0.1) is 13.3 Å². The molecule has 1 aromatic heterocycles. The fourth-order valence-corrected chi connectivity index (χ4v) is 4.27. The molecule has 2 N–H and O–H groups in total. The Morgan fingerprint density at radius 3 is 2.15 bits per heavy atom. The van der Waals surface area contributed by atoms with Gasteiger partial charge in [-0.05, 0) is 62.6 Å². The quantitative estimate of drug-likeness (QED) is 0.356. The number of aromatic hydroxyl groups is 1. The number of benzene rings is 1. The van der Waals surface area contributed by atoms with Crippen molar-refractivity contribution in [2.45, 2.75) is 44.9 Å². The normalized spacial score (nSPS) is 16.8. The van der Waals surface area contributed by atoms with Gasteiger partial charge in [-0.2, -0.15) is 20.1 Å². The van der Waals surface area contributed by atoms with E-state index in [9.17, 15) is 5.11 Å². The third kappa shape index (κ3) is 5.71. The van der Waals surface area contributed by atoms with E-state index in [0.717, 1.165) is 63.0 Å². The lowest BCUT2D eigenvalue weighted by Gasteiger charge is -2.30. The third-order valence-corrected chi connectivity index (χ3v) is 6.03. The van der Waals surface area contributed by atoms with Gasteiger partial charge in [-0.1, -0.05) is 6.08 Å². The predicted octanol–water partition coefficient (Wildman–Crippen LogP) is 3.74. The average molecular weight is 452 g/mol.